The third kappa shape index (κ3) is 3.47. The van der Waals surface area contributed by atoms with Crippen molar-refractivity contribution in [2.75, 3.05) is 5.73 Å². The van der Waals surface area contributed by atoms with Crippen molar-refractivity contribution in [3.05, 3.63) is 60.0 Å². The minimum atomic E-state index is 0.369. The van der Waals surface area contributed by atoms with Crippen molar-refractivity contribution in [2.45, 2.75) is 38.5 Å². The second-order valence-corrected chi connectivity index (χ2v) is 6.21. The van der Waals surface area contributed by atoms with Crippen LogP contribution in [0, 0.1) is 0 Å². The molecule has 0 bridgehead atoms. The molecular formula is C19H22N4. The smallest absolute Gasteiger partial charge is 0.146 e. The Bertz CT molecular complexity index is 777. The molecule has 0 spiro atoms. The van der Waals surface area contributed by atoms with Gasteiger partial charge in [0.05, 0.1) is 5.69 Å². The van der Waals surface area contributed by atoms with Gasteiger partial charge < -0.3 is 5.73 Å². The molecule has 2 atom stereocenters. The second kappa shape index (κ2) is 6.73. The zero-order valence-electron chi connectivity index (χ0n) is 13.6. The van der Waals surface area contributed by atoms with E-state index >= 15 is 0 Å². The van der Waals surface area contributed by atoms with Crippen LogP contribution >= 0.6 is 0 Å². The largest absolute Gasteiger partial charge is 0.382 e. The molecule has 2 heterocycles. The summed E-state index contributed by atoms with van der Waals surface area (Å²) < 4.78 is 0. The molecule has 1 aromatic carbocycles. The molecule has 3 rings (SSSR count). The molecule has 3 aromatic rings. The zero-order chi connectivity index (χ0) is 16.2. The SMILES string of the molecule is CC(CCC(C)c1cncc2ccccc12)c1ccc(N)nn1. The lowest BCUT2D eigenvalue weighted by Crippen LogP contribution is -2.03. The van der Waals surface area contributed by atoms with Crippen LogP contribution in [-0.4, -0.2) is 15.2 Å². The van der Waals surface area contributed by atoms with Gasteiger partial charge in [0.15, 0.2) is 0 Å². The van der Waals surface area contributed by atoms with Crippen molar-refractivity contribution in [1.29, 1.82) is 0 Å². The van der Waals surface area contributed by atoms with E-state index in [1.54, 1.807) is 0 Å². The molecule has 2 unspecified atom stereocenters. The Kier molecular flexibility index (Phi) is 4.51. The van der Waals surface area contributed by atoms with Gasteiger partial charge in [-0.2, -0.15) is 5.10 Å². The topological polar surface area (TPSA) is 64.7 Å². The van der Waals surface area contributed by atoms with Crippen molar-refractivity contribution in [3.8, 4) is 0 Å². The van der Waals surface area contributed by atoms with E-state index < -0.39 is 0 Å². The van der Waals surface area contributed by atoms with Crippen molar-refractivity contribution >= 4 is 16.6 Å². The first-order chi connectivity index (χ1) is 11.1. The number of nitrogens with two attached hydrogens (primary N) is 1. The molecule has 0 amide bonds. The predicted octanol–water partition coefficient (Wildman–Crippen LogP) is 4.29. The molecule has 0 aliphatic carbocycles. The zero-order valence-corrected chi connectivity index (χ0v) is 13.6. The van der Waals surface area contributed by atoms with Gasteiger partial charge in [-0.05, 0) is 41.8 Å². The average molecular weight is 306 g/mol. The number of nitrogen functional groups attached to an aromatic ring is 1. The van der Waals surface area contributed by atoms with E-state index in [1.807, 2.05) is 24.5 Å². The molecule has 0 radical (unpaired) electrons. The summed E-state index contributed by atoms with van der Waals surface area (Å²) in [4.78, 5) is 4.39. The Morgan fingerprint density at radius 2 is 1.70 bits per heavy atom. The molecule has 4 nitrogen and oxygen atoms in total. The molecule has 2 N–H and O–H groups in total. The van der Waals surface area contributed by atoms with Crippen LogP contribution in [0.5, 0.6) is 0 Å². The summed E-state index contributed by atoms with van der Waals surface area (Å²) in [7, 11) is 0. The number of hydrogen-bond donors (Lipinski definition) is 1. The molecule has 0 saturated heterocycles. The highest BCUT2D eigenvalue weighted by Crippen LogP contribution is 2.30. The highest BCUT2D eigenvalue weighted by Gasteiger charge is 2.14. The van der Waals surface area contributed by atoms with Crippen molar-refractivity contribution < 1.29 is 0 Å². The summed E-state index contributed by atoms with van der Waals surface area (Å²) in [5, 5.41) is 10.6. The third-order valence-corrected chi connectivity index (χ3v) is 4.47. The van der Waals surface area contributed by atoms with Crippen molar-refractivity contribution in [3.63, 3.8) is 0 Å². The quantitative estimate of drug-likeness (QED) is 0.763. The Morgan fingerprint density at radius 3 is 2.48 bits per heavy atom. The van der Waals surface area contributed by atoms with E-state index in [9.17, 15) is 0 Å². The first-order valence-corrected chi connectivity index (χ1v) is 8.07. The summed E-state index contributed by atoms with van der Waals surface area (Å²) in [5.41, 5.74) is 7.92. The molecule has 0 fully saturated rings. The number of anilines is 1. The predicted molar refractivity (Wildman–Crippen MR) is 94.3 cm³/mol. The number of fused-ring (bicyclic) bond motifs is 1. The van der Waals surface area contributed by atoms with Crippen molar-refractivity contribution in [2.24, 2.45) is 0 Å². The Balaban J connectivity index is 1.71. The number of pyridine rings is 1. The van der Waals surface area contributed by atoms with E-state index in [-0.39, 0.29) is 0 Å². The maximum Gasteiger partial charge on any atom is 0.146 e. The normalized spacial score (nSPS) is 13.8. The van der Waals surface area contributed by atoms with Gasteiger partial charge in [0.25, 0.3) is 0 Å². The summed E-state index contributed by atoms with van der Waals surface area (Å²) in [6.07, 6.45) is 6.07. The fourth-order valence-electron chi connectivity index (χ4n) is 2.95. The molecule has 4 heteroatoms. The highest BCUT2D eigenvalue weighted by molar-refractivity contribution is 5.85. The Labute approximate surface area is 136 Å². The van der Waals surface area contributed by atoms with Gasteiger partial charge in [-0.25, -0.2) is 0 Å². The van der Waals surface area contributed by atoms with Crippen LogP contribution in [0.3, 0.4) is 0 Å². The lowest BCUT2D eigenvalue weighted by atomic mass is 9.89. The van der Waals surface area contributed by atoms with Gasteiger partial charge in [-0.15, -0.1) is 5.10 Å². The van der Waals surface area contributed by atoms with Gasteiger partial charge in [-0.3, -0.25) is 4.98 Å². The lowest BCUT2D eigenvalue weighted by molar-refractivity contribution is 0.562. The monoisotopic (exact) mass is 306 g/mol. The van der Waals surface area contributed by atoms with Crippen LogP contribution < -0.4 is 5.73 Å². The van der Waals surface area contributed by atoms with Gasteiger partial charge >= 0.3 is 0 Å². The first kappa shape index (κ1) is 15.4. The third-order valence-electron chi connectivity index (χ3n) is 4.47. The Hall–Kier alpha value is -2.49. The molecular weight excluding hydrogens is 284 g/mol. The number of aromatic nitrogens is 3. The van der Waals surface area contributed by atoms with E-state index in [0.29, 0.717) is 17.7 Å². The van der Waals surface area contributed by atoms with Gasteiger partial charge in [0.2, 0.25) is 0 Å². The van der Waals surface area contributed by atoms with Crippen LogP contribution in [0.15, 0.2) is 48.8 Å². The molecule has 23 heavy (non-hydrogen) atoms. The molecule has 0 aliphatic rings. The summed E-state index contributed by atoms with van der Waals surface area (Å²) in [6.45, 7) is 4.46. The van der Waals surface area contributed by atoms with Crippen LogP contribution in [-0.2, 0) is 0 Å². The average Bonchev–Trinajstić information content (AvgIpc) is 2.59. The molecule has 2 aromatic heterocycles. The minimum absolute atomic E-state index is 0.369. The summed E-state index contributed by atoms with van der Waals surface area (Å²) in [6, 6.07) is 12.2. The molecule has 118 valence electrons. The maximum atomic E-state index is 5.60. The van der Waals surface area contributed by atoms with Gasteiger partial charge in [-0.1, -0.05) is 38.1 Å². The molecule has 0 aliphatic heterocycles. The standard InChI is InChI=1S/C19H22N4/c1-13(7-8-14(2)18-9-10-19(20)23-22-18)17-12-21-11-15-5-3-4-6-16(15)17/h3-6,9-14H,7-8H2,1-2H3,(H2,20,23). The van der Waals surface area contributed by atoms with E-state index in [4.69, 9.17) is 5.73 Å². The van der Waals surface area contributed by atoms with E-state index in [2.05, 4.69) is 53.3 Å². The maximum absolute atomic E-state index is 5.60. The minimum Gasteiger partial charge on any atom is -0.382 e. The number of rotatable bonds is 5. The van der Waals surface area contributed by atoms with E-state index in [1.165, 1.54) is 16.3 Å². The number of hydrogen-bond acceptors (Lipinski definition) is 4. The Morgan fingerprint density at radius 1 is 0.913 bits per heavy atom. The number of nitrogens with zero attached hydrogens (tertiary/aromatic N) is 3. The summed E-state index contributed by atoms with van der Waals surface area (Å²) in [5.74, 6) is 1.29. The molecule has 0 saturated carbocycles. The van der Waals surface area contributed by atoms with Crippen molar-refractivity contribution in [1.82, 2.24) is 15.2 Å². The first-order valence-electron chi connectivity index (χ1n) is 8.07. The second-order valence-electron chi connectivity index (χ2n) is 6.21. The van der Waals surface area contributed by atoms with Crippen LogP contribution in [0.4, 0.5) is 5.82 Å². The lowest BCUT2D eigenvalue weighted by Gasteiger charge is -2.17. The highest BCUT2D eigenvalue weighted by atomic mass is 15.1. The summed E-state index contributed by atoms with van der Waals surface area (Å²) >= 11 is 0. The van der Waals surface area contributed by atoms with E-state index in [0.717, 1.165) is 18.5 Å². The van der Waals surface area contributed by atoms with Crippen LogP contribution in [0.1, 0.15) is 49.8 Å². The number of benzene rings is 1. The van der Waals surface area contributed by atoms with Crippen LogP contribution in [0.2, 0.25) is 0 Å². The van der Waals surface area contributed by atoms with Crippen LogP contribution in [0.25, 0.3) is 10.8 Å². The van der Waals surface area contributed by atoms with Gasteiger partial charge in [0.1, 0.15) is 5.82 Å². The van der Waals surface area contributed by atoms with Gasteiger partial charge in [0, 0.05) is 23.7 Å². The fourth-order valence-corrected chi connectivity index (χ4v) is 2.95. The fraction of sp³-hybridized carbons (Fsp3) is 0.316.